The molecule has 1 aromatic carbocycles. The van der Waals surface area contributed by atoms with E-state index in [0.717, 1.165) is 37.7 Å². The van der Waals surface area contributed by atoms with Crippen LogP contribution in [0.15, 0.2) is 24.3 Å². The molecule has 3 amide bonds. The molecule has 1 aliphatic carbocycles. The Hall–Kier alpha value is -2.37. The number of benzene rings is 1. The van der Waals surface area contributed by atoms with Gasteiger partial charge in [-0.25, -0.2) is 0 Å². The number of anilines is 1. The third kappa shape index (κ3) is 4.91. The van der Waals surface area contributed by atoms with E-state index in [9.17, 15) is 14.4 Å². The molecule has 1 N–H and O–H groups in total. The number of hydrogen-bond donors (Lipinski definition) is 1. The Morgan fingerprint density at radius 2 is 1.71 bits per heavy atom. The molecule has 2 fully saturated rings. The number of nitrogens with zero attached hydrogens (tertiary/aromatic N) is 2. The number of amides is 3. The van der Waals surface area contributed by atoms with E-state index in [1.54, 1.807) is 11.9 Å². The summed E-state index contributed by atoms with van der Waals surface area (Å²) >= 11 is 0. The molecule has 0 spiro atoms. The van der Waals surface area contributed by atoms with Gasteiger partial charge in [-0.15, -0.1) is 0 Å². The van der Waals surface area contributed by atoms with E-state index in [0.29, 0.717) is 18.7 Å². The van der Waals surface area contributed by atoms with E-state index >= 15 is 0 Å². The minimum absolute atomic E-state index is 0.0192. The normalized spacial score (nSPS) is 20.1. The van der Waals surface area contributed by atoms with Gasteiger partial charge in [-0.05, 0) is 44.7 Å². The monoisotopic (exact) mass is 385 g/mol. The fourth-order valence-electron chi connectivity index (χ4n) is 4.26. The van der Waals surface area contributed by atoms with Crippen molar-refractivity contribution in [3.8, 4) is 0 Å². The molecule has 1 aliphatic heterocycles. The third-order valence-electron chi connectivity index (χ3n) is 5.87. The summed E-state index contributed by atoms with van der Waals surface area (Å²) in [4.78, 5) is 41.4. The lowest BCUT2D eigenvalue weighted by Gasteiger charge is -2.31. The molecule has 0 radical (unpaired) electrons. The molecule has 1 saturated carbocycles. The van der Waals surface area contributed by atoms with Crippen molar-refractivity contribution in [3.63, 3.8) is 0 Å². The van der Waals surface area contributed by atoms with Gasteiger partial charge in [0.2, 0.25) is 17.7 Å². The number of carbonyl (C=O) groups is 3. The van der Waals surface area contributed by atoms with Crippen molar-refractivity contribution in [2.45, 2.75) is 57.9 Å². The topological polar surface area (TPSA) is 69.7 Å². The predicted octanol–water partition coefficient (Wildman–Crippen LogP) is 2.96. The zero-order valence-electron chi connectivity index (χ0n) is 16.9. The summed E-state index contributed by atoms with van der Waals surface area (Å²) in [5.74, 6) is -0.172. The summed E-state index contributed by atoms with van der Waals surface area (Å²) in [5, 5.41) is 2.82. The first kappa shape index (κ1) is 20.4. The van der Waals surface area contributed by atoms with Crippen molar-refractivity contribution in [3.05, 3.63) is 29.8 Å². The molecule has 1 unspecified atom stereocenters. The Balaban J connectivity index is 1.56. The quantitative estimate of drug-likeness (QED) is 0.847. The average molecular weight is 386 g/mol. The van der Waals surface area contributed by atoms with E-state index in [1.165, 1.54) is 11.3 Å². The maximum absolute atomic E-state index is 12.9. The molecule has 0 bridgehead atoms. The Bertz CT molecular complexity index is 710. The largest absolute Gasteiger partial charge is 0.335 e. The van der Waals surface area contributed by atoms with Crippen molar-refractivity contribution in [1.82, 2.24) is 9.80 Å². The SMILES string of the molecule is Cc1ccc(NC(=O)CN(C)C(=O)C2CCCN2C(=O)C2CCCCC2)cc1. The minimum Gasteiger partial charge on any atom is -0.335 e. The molecular formula is C22H31N3O3. The Kier molecular flexibility index (Phi) is 6.70. The van der Waals surface area contributed by atoms with Gasteiger partial charge in [0.05, 0.1) is 6.54 Å². The van der Waals surface area contributed by atoms with Gasteiger partial charge < -0.3 is 15.1 Å². The molecule has 28 heavy (non-hydrogen) atoms. The highest BCUT2D eigenvalue weighted by molar-refractivity contribution is 5.96. The maximum atomic E-state index is 12.9. The van der Waals surface area contributed by atoms with Gasteiger partial charge in [-0.2, -0.15) is 0 Å². The van der Waals surface area contributed by atoms with Crippen LogP contribution in [0, 0.1) is 12.8 Å². The first-order valence-corrected chi connectivity index (χ1v) is 10.4. The summed E-state index contributed by atoms with van der Waals surface area (Å²) < 4.78 is 0. The van der Waals surface area contributed by atoms with Crippen molar-refractivity contribution >= 4 is 23.4 Å². The van der Waals surface area contributed by atoms with Gasteiger partial charge in [-0.3, -0.25) is 14.4 Å². The smallest absolute Gasteiger partial charge is 0.245 e. The van der Waals surface area contributed by atoms with Gasteiger partial charge in [-0.1, -0.05) is 37.0 Å². The number of carbonyl (C=O) groups excluding carboxylic acids is 3. The van der Waals surface area contributed by atoms with Crippen LogP contribution >= 0.6 is 0 Å². The number of nitrogens with one attached hydrogen (secondary N) is 1. The summed E-state index contributed by atoms with van der Waals surface area (Å²) in [5.41, 5.74) is 1.83. The van der Waals surface area contributed by atoms with Crippen LogP contribution in [0.4, 0.5) is 5.69 Å². The van der Waals surface area contributed by atoms with Gasteiger partial charge in [0.1, 0.15) is 6.04 Å². The van der Waals surface area contributed by atoms with Gasteiger partial charge in [0, 0.05) is 25.2 Å². The Morgan fingerprint density at radius 3 is 2.39 bits per heavy atom. The summed E-state index contributed by atoms with van der Waals surface area (Å²) in [7, 11) is 1.64. The molecule has 6 nitrogen and oxygen atoms in total. The molecule has 1 heterocycles. The first-order chi connectivity index (χ1) is 13.5. The van der Waals surface area contributed by atoms with Crippen LogP contribution < -0.4 is 5.32 Å². The lowest BCUT2D eigenvalue weighted by atomic mass is 9.88. The van der Waals surface area contributed by atoms with Crippen LogP contribution in [0.1, 0.15) is 50.5 Å². The van der Waals surface area contributed by atoms with E-state index < -0.39 is 6.04 Å². The molecule has 6 heteroatoms. The van der Waals surface area contributed by atoms with Crippen LogP contribution in [-0.4, -0.2) is 53.7 Å². The fourth-order valence-corrected chi connectivity index (χ4v) is 4.26. The summed E-state index contributed by atoms with van der Waals surface area (Å²) in [6.07, 6.45) is 6.80. The van der Waals surface area contributed by atoms with Crippen LogP contribution in [0.3, 0.4) is 0 Å². The Morgan fingerprint density at radius 1 is 1.04 bits per heavy atom. The minimum atomic E-state index is -0.424. The molecule has 2 aliphatic rings. The second-order valence-electron chi connectivity index (χ2n) is 8.13. The average Bonchev–Trinajstić information content (AvgIpc) is 3.19. The van der Waals surface area contributed by atoms with E-state index in [4.69, 9.17) is 0 Å². The summed E-state index contributed by atoms with van der Waals surface area (Å²) in [6.45, 7) is 2.61. The number of likely N-dealkylation sites (N-methyl/N-ethyl adjacent to an activating group) is 1. The predicted molar refractivity (Wildman–Crippen MR) is 109 cm³/mol. The van der Waals surface area contributed by atoms with E-state index in [2.05, 4.69) is 5.32 Å². The van der Waals surface area contributed by atoms with Crippen LogP contribution in [0.5, 0.6) is 0 Å². The first-order valence-electron chi connectivity index (χ1n) is 10.4. The molecule has 3 rings (SSSR count). The highest BCUT2D eigenvalue weighted by Gasteiger charge is 2.38. The van der Waals surface area contributed by atoms with Crippen LogP contribution in [0.2, 0.25) is 0 Å². The molecule has 1 aromatic rings. The zero-order valence-corrected chi connectivity index (χ0v) is 16.9. The van der Waals surface area contributed by atoms with Crippen molar-refractivity contribution in [2.75, 3.05) is 25.5 Å². The second-order valence-corrected chi connectivity index (χ2v) is 8.13. The number of rotatable bonds is 5. The van der Waals surface area contributed by atoms with Gasteiger partial charge in [0.15, 0.2) is 0 Å². The molecular weight excluding hydrogens is 354 g/mol. The van der Waals surface area contributed by atoms with Crippen molar-refractivity contribution < 1.29 is 14.4 Å². The fraction of sp³-hybridized carbons (Fsp3) is 0.591. The standard InChI is InChI=1S/C22H31N3O3/c1-16-10-12-18(13-11-16)23-20(26)15-24(2)22(28)19-9-6-14-25(19)21(27)17-7-4-3-5-8-17/h10-13,17,19H,3-9,14-15H2,1-2H3,(H,23,26). The Labute approximate surface area is 167 Å². The van der Waals surface area contributed by atoms with Crippen molar-refractivity contribution in [1.29, 1.82) is 0 Å². The van der Waals surface area contributed by atoms with E-state index in [-0.39, 0.29) is 30.2 Å². The van der Waals surface area contributed by atoms with Crippen LogP contribution in [0.25, 0.3) is 0 Å². The molecule has 0 aromatic heterocycles. The second kappa shape index (κ2) is 9.22. The lowest BCUT2D eigenvalue weighted by Crippen LogP contribution is -2.49. The highest BCUT2D eigenvalue weighted by Crippen LogP contribution is 2.29. The molecule has 1 saturated heterocycles. The van der Waals surface area contributed by atoms with E-state index in [1.807, 2.05) is 31.2 Å². The molecule has 152 valence electrons. The summed E-state index contributed by atoms with van der Waals surface area (Å²) in [6, 6.07) is 7.12. The number of hydrogen-bond acceptors (Lipinski definition) is 3. The van der Waals surface area contributed by atoms with Gasteiger partial charge in [0.25, 0.3) is 0 Å². The van der Waals surface area contributed by atoms with Crippen molar-refractivity contribution in [2.24, 2.45) is 5.92 Å². The van der Waals surface area contributed by atoms with Crippen LogP contribution in [-0.2, 0) is 14.4 Å². The lowest BCUT2D eigenvalue weighted by molar-refractivity contribution is -0.146. The maximum Gasteiger partial charge on any atom is 0.245 e. The molecule has 1 atom stereocenters. The highest BCUT2D eigenvalue weighted by atomic mass is 16.2. The number of aryl methyl sites for hydroxylation is 1. The van der Waals surface area contributed by atoms with Gasteiger partial charge >= 0.3 is 0 Å². The number of likely N-dealkylation sites (tertiary alicyclic amines) is 1. The third-order valence-corrected chi connectivity index (χ3v) is 5.87. The zero-order chi connectivity index (χ0) is 20.1.